The molecular weight excluding hydrogens is 396 g/mol. The van der Waals surface area contributed by atoms with Crippen molar-refractivity contribution in [2.24, 2.45) is 15.9 Å². The van der Waals surface area contributed by atoms with E-state index in [-0.39, 0.29) is 25.9 Å². The highest BCUT2D eigenvalue weighted by atomic mass is 19.3. The van der Waals surface area contributed by atoms with Gasteiger partial charge in [0, 0.05) is 17.5 Å². The van der Waals surface area contributed by atoms with Gasteiger partial charge in [-0.05, 0) is 48.5 Å². The Morgan fingerprint density at radius 1 is 1.37 bits per heavy atom. The van der Waals surface area contributed by atoms with Crippen LogP contribution in [0.1, 0.15) is 77.3 Å². The Bertz CT molecular complexity index is 844. The van der Waals surface area contributed by atoms with Crippen molar-refractivity contribution in [3.8, 4) is 0 Å². The van der Waals surface area contributed by atoms with Crippen LogP contribution in [0.4, 0.5) is 8.78 Å². The number of aliphatic hydroxyl groups is 1. The number of nitrogens with zero attached hydrogens (tertiary/aromatic N) is 5. The summed E-state index contributed by atoms with van der Waals surface area (Å²) in [7, 11) is 0. The van der Waals surface area contributed by atoms with Gasteiger partial charge >= 0.3 is 5.92 Å². The number of carbonyl (C=O) groups excluding carboxylic acids is 1. The molecule has 30 heavy (non-hydrogen) atoms. The number of carbonyl (C=O) groups is 1. The van der Waals surface area contributed by atoms with Crippen molar-refractivity contribution < 1.29 is 23.2 Å². The number of halogens is 2. The minimum Gasteiger partial charge on any atom is -0.383 e. The maximum atomic E-state index is 15.5. The molecule has 1 aromatic rings. The van der Waals surface area contributed by atoms with Crippen LogP contribution in [0.5, 0.6) is 0 Å². The first-order chi connectivity index (χ1) is 13.8. The molecule has 10 heteroatoms. The summed E-state index contributed by atoms with van der Waals surface area (Å²) >= 11 is 0. The first kappa shape index (κ1) is 22.5. The lowest BCUT2D eigenvalue weighted by Gasteiger charge is -2.51. The molecule has 1 N–H and O–H groups in total. The van der Waals surface area contributed by atoms with Crippen molar-refractivity contribution in [2.45, 2.75) is 83.9 Å². The third-order valence-corrected chi connectivity index (χ3v) is 6.07. The van der Waals surface area contributed by atoms with Crippen LogP contribution in [0.25, 0.3) is 10.4 Å². The Kier molecular flexibility index (Phi) is 5.62. The molecule has 0 unspecified atom stereocenters. The Balaban J connectivity index is 1.86. The molecule has 2 aliphatic rings. The maximum Gasteiger partial charge on any atom is 0.352 e. The molecule has 8 nitrogen and oxygen atoms in total. The van der Waals surface area contributed by atoms with Gasteiger partial charge in [0.1, 0.15) is 17.1 Å². The van der Waals surface area contributed by atoms with Gasteiger partial charge in [-0.3, -0.25) is 4.79 Å². The fourth-order valence-electron chi connectivity index (χ4n) is 5.65. The van der Waals surface area contributed by atoms with E-state index in [2.05, 4.69) is 15.2 Å². The highest BCUT2D eigenvalue weighted by molar-refractivity contribution is 5.85. The van der Waals surface area contributed by atoms with E-state index in [9.17, 15) is 9.90 Å². The normalized spacial score (nSPS) is 25.0. The zero-order valence-electron chi connectivity index (χ0n) is 17.9. The molecule has 2 fully saturated rings. The molecule has 0 radical (unpaired) electrons. The summed E-state index contributed by atoms with van der Waals surface area (Å²) in [6.45, 7) is 7.49. The highest BCUT2D eigenvalue weighted by Gasteiger charge is 2.65. The smallest absolute Gasteiger partial charge is 0.352 e. The van der Waals surface area contributed by atoms with Crippen LogP contribution in [-0.2, 0) is 11.3 Å². The van der Waals surface area contributed by atoms with Crippen molar-refractivity contribution in [1.82, 2.24) is 10.1 Å². The number of hydrogen-bond donors (Lipinski definition) is 1. The van der Waals surface area contributed by atoms with E-state index in [4.69, 9.17) is 10.1 Å². The number of rotatable bonds is 5. The van der Waals surface area contributed by atoms with Gasteiger partial charge in [0.25, 0.3) is 5.91 Å². The molecule has 1 aliphatic carbocycles. The quantitative estimate of drug-likeness (QED) is 0.416. The van der Waals surface area contributed by atoms with E-state index in [1.807, 2.05) is 27.7 Å². The SMILES string of the molecule is CC1(C)CC(C)(C)CC(O)(C(F)(F)C(=O)N2CCC[C@H]2c2cc(CN=[N+]=[N-])on2)C1. The Morgan fingerprint density at radius 3 is 2.60 bits per heavy atom. The Morgan fingerprint density at radius 2 is 2.00 bits per heavy atom. The third kappa shape index (κ3) is 4.16. The second-order valence-electron chi connectivity index (χ2n) is 10.2. The second-order valence-corrected chi connectivity index (χ2v) is 10.2. The lowest BCUT2D eigenvalue weighted by atomic mass is 9.58. The van der Waals surface area contributed by atoms with E-state index in [0.717, 1.165) is 4.90 Å². The van der Waals surface area contributed by atoms with E-state index in [1.165, 1.54) is 6.07 Å². The van der Waals surface area contributed by atoms with Crippen molar-refractivity contribution in [3.05, 3.63) is 28.0 Å². The topological polar surface area (TPSA) is 115 Å². The molecule has 1 aromatic heterocycles. The molecule has 2 heterocycles. The zero-order valence-corrected chi connectivity index (χ0v) is 17.9. The molecule has 166 valence electrons. The van der Waals surface area contributed by atoms with Crippen molar-refractivity contribution >= 4 is 5.91 Å². The van der Waals surface area contributed by atoms with Crippen LogP contribution in [0.2, 0.25) is 0 Å². The Labute approximate surface area is 174 Å². The first-order valence-corrected chi connectivity index (χ1v) is 10.2. The van der Waals surface area contributed by atoms with Crippen LogP contribution in [0.15, 0.2) is 15.7 Å². The van der Waals surface area contributed by atoms with Crippen molar-refractivity contribution in [3.63, 3.8) is 0 Å². The van der Waals surface area contributed by atoms with Crippen LogP contribution >= 0.6 is 0 Å². The summed E-state index contributed by atoms with van der Waals surface area (Å²) in [6, 6.07) is 0.852. The van der Waals surface area contributed by atoms with Crippen LogP contribution in [-0.4, -0.2) is 39.1 Å². The lowest BCUT2D eigenvalue weighted by Crippen LogP contribution is -2.62. The zero-order chi connectivity index (χ0) is 22.4. The molecule has 0 aromatic carbocycles. The van der Waals surface area contributed by atoms with Crippen molar-refractivity contribution in [2.75, 3.05) is 6.54 Å². The van der Waals surface area contributed by atoms with E-state index < -0.39 is 34.3 Å². The predicted octanol–water partition coefficient (Wildman–Crippen LogP) is 4.75. The van der Waals surface area contributed by atoms with Gasteiger partial charge < -0.3 is 14.5 Å². The summed E-state index contributed by atoms with van der Waals surface area (Å²) in [5.74, 6) is -5.01. The summed E-state index contributed by atoms with van der Waals surface area (Å²) in [5.41, 5.74) is 5.29. The maximum absolute atomic E-state index is 15.5. The Hall–Kier alpha value is -2.19. The molecule has 1 atom stereocenters. The molecule has 1 amide bonds. The largest absolute Gasteiger partial charge is 0.383 e. The molecule has 1 saturated heterocycles. The van der Waals surface area contributed by atoms with Crippen molar-refractivity contribution in [1.29, 1.82) is 0 Å². The summed E-state index contributed by atoms with van der Waals surface area (Å²) in [5, 5.41) is 18.3. The molecule has 0 bridgehead atoms. The fraction of sp³-hybridized carbons (Fsp3) is 0.800. The van der Waals surface area contributed by atoms with Gasteiger partial charge in [-0.2, -0.15) is 8.78 Å². The van der Waals surface area contributed by atoms with Gasteiger partial charge in [-0.25, -0.2) is 0 Å². The number of likely N-dealkylation sites (tertiary alicyclic amines) is 1. The van der Waals surface area contributed by atoms with Gasteiger partial charge in [0.2, 0.25) is 0 Å². The van der Waals surface area contributed by atoms with E-state index in [0.29, 0.717) is 30.7 Å². The van der Waals surface area contributed by atoms with Crippen LogP contribution in [0, 0.1) is 10.8 Å². The van der Waals surface area contributed by atoms with Crippen LogP contribution < -0.4 is 0 Å². The molecule has 0 spiro atoms. The molecule has 3 rings (SSSR count). The fourth-order valence-corrected chi connectivity index (χ4v) is 5.65. The summed E-state index contributed by atoms with van der Waals surface area (Å²) < 4.78 is 36.2. The minimum atomic E-state index is -3.93. The number of amides is 1. The molecule has 1 saturated carbocycles. The predicted molar refractivity (Wildman–Crippen MR) is 104 cm³/mol. The number of azide groups is 1. The standard InChI is InChI=1S/C20H29F2N5O3/c1-17(2)10-18(3,4)12-19(29,11-17)20(21,22)16(28)27-7-5-6-15(27)14-8-13(30-25-14)9-24-26-23/h8,15,29H,5-7,9-12H2,1-4H3/t15-/m0/s1. The third-order valence-electron chi connectivity index (χ3n) is 6.07. The lowest BCUT2D eigenvalue weighted by molar-refractivity contribution is -0.231. The van der Waals surface area contributed by atoms with Gasteiger partial charge in [0.15, 0.2) is 0 Å². The van der Waals surface area contributed by atoms with Gasteiger partial charge in [-0.15, -0.1) is 0 Å². The monoisotopic (exact) mass is 425 g/mol. The average Bonchev–Trinajstić information content (AvgIpc) is 3.24. The number of hydrogen-bond acceptors (Lipinski definition) is 5. The van der Waals surface area contributed by atoms with Gasteiger partial charge in [0.05, 0.1) is 12.6 Å². The summed E-state index contributed by atoms with van der Waals surface area (Å²) in [4.78, 5) is 16.8. The highest BCUT2D eigenvalue weighted by Crippen LogP contribution is 2.55. The van der Waals surface area contributed by atoms with Crippen LogP contribution in [0.3, 0.4) is 0 Å². The minimum absolute atomic E-state index is 0.0513. The molecule has 1 aliphatic heterocycles. The van der Waals surface area contributed by atoms with E-state index >= 15 is 8.78 Å². The number of alkyl halides is 2. The average molecular weight is 425 g/mol. The number of aromatic nitrogens is 1. The van der Waals surface area contributed by atoms with Gasteiger partial charge in [-0.1, -0.05) is 38.0 Å². The first-order valence-electron chi connectivity index (χ1n) is 10.2. The van der Waals surface area contributed by atoms with E-state index in [1.54, 1.807) is 0 Å². The second kappa shape index (κ2) is 7.50. The summed E-state index contributed by atoms with van der Waals surface area (Å²) in [6.07, 6.45) is 1.39. The molecular formula is C20H29F2N5O3.